The van der Waals surface area contributed by atoms with Gasteiger partial charge in [-0.15, -0.1) is 0 Å². The molecule has 0 radical (unpaired) electrons. The second kappa shape index (κ2) is 8.68. The molecule has 4 rings (SSSR count). The molecule has 2 aromatic carbocycles. The Kier molecular flexibility index (Phi) is 5.85. The van der Waals surface area contributed by atoms with Crippen molar-refractivity contribution in [2.24, 2.45) is 0 Å². The molecule has 1 aliphatic heterocycles. The number of fused-ring (bicyclic) bond motifs is 1. The minimum absolute atomic E-state index is 0.0126. The molecule has 1 saturated heterocycles. The van der Waals surface area contributed by atoms with Crippen molar-refractivity contribution in [1.82, 2.24) is 10.2 Å². The highest BCUT2D eigenvalue weighted by Crippen LogP contribution is 2.31. The Hall–Kier alpha value is -2.17. The summed E-state index contributed by atoms with van der Waals surface area (Å²) in [6, 6.07) is 16.8. The molecule has 27 heavy (non-hydrogen) atoms. The number of ether oxygens (including phenoxy) is 1. The van der Waals surface area contributed by atoms with E-state index in [4.69, 9.17) is 4.74 Å². The summed E-state index contributed by atoms with van der Waals surface area (Å²) in [6.07, 6.45) is 3.11. The maximum atomic E-state index is 12.9. The van der Waals surface area contributed by atoms with Crippen LogP contribution in [0.4, 0.5) is 0 Å². The van der Waals surface area contributed by atoms with Crippen molar-refractivity contribution in [3.63, 3.8) is 0 Å². The van der Waals surface area contributed by atoms with E-state index >= 15 is 0 Å². The van der Waals surface area contributed by atoms with Gasteiger partial charge in [0.05, 0.1) is 19.1 Å². The number of benzene rings is 2. The Morgan fingerprint density at radius 3 is 2.63 bits per heavy atom. The molecule has 0 saturated carbocycles. The fourth-order valence-corrected chi connectivity index (χ4v) is 4.22. The molecule has 0 aromatic heterocycles. The fourth-order valence-electron chi connectivity index (χ4n) is 4.22. The van der Waals surface area contributed by atoms with Crippen LogP contribution in [0.15, 0.2) is 48.5 Å². The lowest BCUT2D eigenvalue weighted by atomic mass is 9.82. The normalized spacial score (nSPS) is 20.1. The second-order valence-corrected chi connectivity index (χ2v) is 7.52. The molecule has 1 amide bonds. The Morgan fingerprint density at radius 2 is 1.78 bits per heavy atom. The van der Waals surface area contributed by atoms with Crippen LogP contribution in [-0.4, -0.2) is 37.1 Å². The summed E-state index contributed by atoms with van der Waals surface area (Å²) in [5.41, 5.74) is 5.05. The number of rotatable bonds is 5. The number of aryl methyl sites for hydroxylation is 1. The topological polar surface area (TPSA) is 41.6 Å². The van der Waals surface area contributed by atoms with E-state index in [2.05, 4.69) is 52.7 Å². The molecule has 1 heterocycles. The molecule has 2 aromatic rings. The first-order chi connectivity index (χ1) is 13.3. The van der Waals surface area contributed by atoms with Crippen LogP contribution >= 0.6 is 0 Å². The molecule has 0 spiro atoms. The molecule has 4 nitrogen and oxygen atoms in total. The smallest absolute Gasteiger partial charge is 0.227 e. The van der Waals surface area contributed by atoms with Crippen LogP contribution in [0.2, 0.25) is 0 Å². The summed E-state index contributed by atoms with van der Waals surface area (Å²) in [6.45, 7) is 5.07. The van der Waals surface area contributed by atoms with Crippen LogP contribution in [0.3, 0.4) is 0 Å². The van der Waals surface area contributed by atoms with Gasteiger partial charge in [-0.2, -0.15) is 0 Å². The maximum absolute atomic E-state index is 12.9. The van der Waals surface area contributed by atoms with Crippen LogP contribution in [-0.2, 0) is 29.0 Å². The first-order valence-corrected chi connectivity index (χ1v) is 10.0. The Morgan fingerprint density at radius 1 is 1.04 bits per heavy atom. The number of morpholine rings is 1. The van der Waals surface area contributed by atoms with E-state index in [-0.39, 0.29) is 11.8 Å². The van der Waals surface area contributed by atoms with Crippen molar-refractivity contribution < 1.29 is 9.53 Å². The predicted octanol–water partition coefficient (Wildman–Crippen LogP) is 3.26. The van der Waals surface area contributed by atoms with Crippen LogP contribution in [0.5, 0.6) is 0 Å². The first kappa shape index (κ1) is 18.2. The minimum atomic E-state index is -0.0126. The Labute approximate surface area is 161 Å². The highest BCUT2D eigenvalue weighted by molar-refractivity contribution is 5.84. The number of carbonyl (C=O) groups excluding carboxylic acids is 1. The summed E-state index contributed by atoms with van der Waals surface area (Å²) < 4.78 is 5.44. The Bertz CT molecular complexity index is 783. The molecule has 142 valence electrons. The van der Waals surface area contributed by atoms with Crippen LogP contribution in [0, 0.1) is 0 Å². The predicted molar refractivity (Wildman–Crippen MR) is 107 cm³/mol. The molecule has 0 unspecified atom stereocenters. The zero-order valence-corrected chi connectivity index (χ0v) is 15.8. The lowest BCUT2D eigenvalue weighted by molar-refractivity contribution is -0.123. The number of nitrogens with zero attached hydrogens (tertiary/aromatic N) is 1. The van der Waals surface area contributed by atoms with Crippen molar-refractivity contribution in [3.05, 3.63) is 70.8 Å². The molecule has 4 heteroatoms. The van der Waals surface area contributed by atoms with Crippen molar-refractivity contribution in [3.8, 4) is 0 Å². The van der Waals surface area contributed by atoms with Gasteiger partial charge < -0.3 is 10.1 Å². The third-order valence-corrected chi connectivity index (χ3v) is 5.76. The van der Waals surface area contributed by atoms with Crippen LogP contribution < -0.4 is 5.32 Å². The van der Waals surface area contributed by atoms with Gasteiger partial charge in [-0.05, 0) is 41.5 Å². The lowest BCUT2D eigenvalue weighted by Gasteiger charge is -2.28. The van der Waals surface area contributed by atoms with Crippen molar-refractivity contribution in [1.29, 1.82) is 0 Å². The van der Waals surface area contributed by atoms with E-state index < -0.39 is 0 Å². The molecule has 1 N–H and O–H groups in total. The lowest BCUT2D eigenvalue weighted by Crippen LogP contribution is -2.36. The van der Waals surface area contributed by atoms with Gasteiger partial charge in [0.1, 0.15) is 0 Å². The van der Waals surface area contributed by atoms with E-state index in [0.717, 1.165) is 52.1 Å². The largest absolute Gasteiger partial charge is 0.379 e. The highest BCUT2D eigenvalue weighted by Gasteiger charge is 2.26. The zero-order chi connectivity index (χ0) is 18.5. The molecule has 2 aliphatic rings. The standard InChI is InChI=1S/C23H28N2O2/c26-23(22-11-5-9-18-6-3-4-10-21(18)22)24-16-19-7-1-2-8-20(19)17-25-12-14-27-15-13-25/h1-4,6-8,10,22H,5,9,11-17H2,(H,24,26)/t22-/m0/s1. The van der Waals surface area contributed by atoms with E-state index in [1.54, 1.807) is 0 Å². The molecule has 0 bridgehead atoms. The number of carbonyl (C=O) groups is 1. The quantitative estimate of drug-likeness (QED) is 0.885. The average Bonchev–Trinajstić information content (AvgIpc) is 2.73. The summed E-state index contributed by atoms with van der Waals surface area (Å²) in [7, 11) is 0. The third-order valence-electron chi connectivity index (χ3n) is 5.76. The monoisotopic (exact) mass is 364 g/mol. The summed E-state index contributed by atoms with van der Waals surface area (Å²) in [4.78, 5) is 15.3. The molecular weight excluding hydrogens is 336 g/mol. The SMILES string of the molecule is O=C(NCc1ccccc1CN1CCOCC1)[C@H]1CCCc2ccccc21. The highest BCUT2D eigenvalue weighted by atomic mass is 16.5. The third kappa shape index (κ3) is 4.40. The van der Waals surface area contributed by atoms with Crippen molar-refractivity contribution in [2.75, 3.05) is 26.3 Å². The average molecular weight is 364 g/mol. The van der Waals surface area contributed by atoms with Gasteiger partial charge in [-0.25, -0.2) is 0 Å². The number of nitrogens with one attached hydrogen (secondary N) is 1. The van der Waals surface area contributed by atoms with E-state index in [0.29, 0.717) is 6.54 Å². The van der Waals surface area contributed by atoms with Crippen LogP contribution in [0.25, 0.3) is 0 Å². The zero-order valence-electron chi connectivity index (χ0n) is 15.8. The molecular formula is C23H28N2O2. The second-order valence-electron chi connectivity index (χ2n) is 7.52. The number of hydrogen-bond acceptors (Lipinski definition) is 3. The van der Waals surface area contributed by atoms with Gasteiger partial charge >= 0.3 is 0 Å². The van der Waals surface area contributed by atoms with Gasteiger partial charge in [-0.3, -0.25) is 9.69 Å². The number of amides is 1. The molecule has 1 aliphatic carbocycles. The summed E-state index contributed by atoms with van der Waals surface area (Å²) in [5, 5.41) is 3.21. The van der Waals surface area contributed by atoms with Gasteiger partial charge in [0.2, 0.25) is 5.91 Å². The van der Waals surface area contributed by atoms with Crippen molar-refractivity contribution in [2.45, 2.75) is 38.3 Å². The minimum Gasteiger partial charge on any atom is -0.379 e. The van der Waals surface area contributed by atoms with Crippen molar-refractivity contribution >= 4 is 5.91 Å². The summed E-state index contributed by atoms with van der Waals surface area (Å²) in [5.74, 6) is 0.143. The summed E-state index contributed by atoms with van der Waals surface area (Å²) >= 11 is 0. The van der Waals surface area contributed by atoms with Gasteiger partial charge in [-0.1, -0.05) is 48.5 Å². The first-order valence-electron chi connectivity index (χ1n) is 10.0. The van der Waals surface area contributed by atoms with E-state index in [9.17, 15) is 4.79 Å². The van der Waals surface area contributed by atoms with Gasteiger partial charge in [0, 0.05) is 26.2 Å². The van der Waals surface area contributed by atoms with Gasteiger partial charge in [0.15, 0.2) is 0 Å². The van der Waals surface area contributed by atoms with Crippen LogP contribution in [0.1, 0.15) is 41.0 Å². The van der Waals surface area contributed by atoms with E-state index in [1.807, 2.05) is 6.07 Å². The van der Waals surface area contributed by atoms with E-state index in [1.165, 1.54) is 22.3 Å². The Balaban J connectivity index is 1.41. The number of hydrogen-bond donors (Lipinski definition) is 1. The fraction of sp³-hybridized carbons (Fsp3) is 0.435. The maximum Gasteiger partial charge on any atom is 0.227 e. The molecule has 1 atom stereocenters. The molecule has 1 fully saturated rings. The van der Waals surface area contributed by atoms with Gasteiger partial charge in [0.25, 0.3) is 0 Å².